The Hall–Kier alpha value is -2.03. The lowest BCUT2D eigenvalue weighted by Crippen LogP contribution is -2.72. The SMILES string of the molecule is C/C=C(/C)C(=O)O[C@H]1[C@H](OC)[C@]2(COC(C)=O)[C@H](OC)C[C@]3(C)C(=CC[C@@H]4[C@@]5(C)CC[C@H](O)[C@@](C)(C=O)[C@@H]5CC[C@]43C)[C@@H]2CC1(C)C. The molecule has 0 heterocycles. The molecule has 4 saturated carbocycles. The first-order valence-electron chi connectivity index (χ1n) is 17.8. The van der Waals surface area contributed by atoms with Crippen LogP contribution in [-0.2, 0) is 33.3 Å². The van der Waals surface area contributed by atoms with E-state index in [4.69, 9.17) is 18.9 Å². The standard InChI is InChI=1S/C39H60O8/c1-12-23(2)33(43)47-31-32(45-11)39(22-46-24(3)41)26(19-34(31,4)5)25-13-14-28-35(6)17-16-29(42)36(7,21-40)27(35)15-18-37(28,8)38(25,9)20-30(39)44-10/h12-13,21,26-32,42H,14-20,22H2,1-11H3/b23-12-/t26-,27+,28+,29-,30+,31-,32-,35-,36-,37+,38+,39-/m0/s1. The largest absolute Gasteiger partial charge is 0.465 e. The smallest absolute Gasteiger partial charge is 0.333 e. The predicted molar refractivity (Wildman–Crippen MR) is 179 cm³/mol. The van der Waals surface area contributed by atoms with Crippen molar-refractivity contribution in [2.24, 2.45) is 50.2 Å². The lowest BCUT2D eigenvalue weighted by molar-refractivity contribution is -0.270. The number of aliphatic hydroxyl groups excluding tert-OH is 1. The highest BCUT2D eigenvalue weighted by Gasteiger charge is 2.73. The summed E-state index contributed by atoms with van der Waals surface area (Å²) in [5.74, 6) is -0.367. The average Bonchev–Trinajstić information content (AvgIpc) is 3.02. The summed E-state index contributed by atoms with van der Waals surface area (Å²) in [5.41, 5.74) is -0.551. The molecule has 4 fully saturated rings. The van der Waals surface area contributed by atoms with Crippen LogP contribution in [0.4, 0.5) is 0 Å². The van der Waals surface area contributed by atoms with Gasteiger partial charge in [0.25, 0.3) is 0 Å². The lowest BCUT2D eigenvalue weighted by Gasteiger charge is -2.72. The Morgan fingerprint density at radius 2 is 1.64 bits per heavy atom. The van der Waals surface area contributed by atoms with Crippen molar-refractivity contribution in [3.8, 4) is 0 Å². The van der Waals surface area contributed by atoms with E-state index >= 15 is 0 Å². The molecule has 5 aliphatic carbocycles. The molecule has 0 unspecified atom stereocenters. The fraction of sp³-hybridized carbons (Fsp3) is 0.821. The van der Waals surface area contributed by atoms with Crippen LogP contribution in [-0.4, -0.2) is 68.6 Å². The zero-order valence-electron chi connectivity index (χ0n) is 30.7. The van der Waals surface area contributed by atoms with E-state index in [0.29, 0.717) is 30.8 Å². The number of methoxy groups -OCH3 is 2. The summed E-state index contributed by atoms with van der Waals surface area (Å²) >= 11 is 0. The van der Waals surface area contributed by atoms with Crippen LogP contribution in [0.25, 0.3) is 0 Å². The van der Waals surface area contributed by atoms with Gasteiger partial charge in [-0.1, -0.05) is 59.3 Å². The third-order valence-electron chi connectivity index (χ3n) is 15.0. The Morgan fingerprint density at radius 3 is 2.21 bits per heavy atom. The molecular formula is C39H60O8. The van der Waals surface area contributed by atoms with Crippen molar-refractivity contribution in [3.05, 3.63) is 23.3 Å². The summed E-state index contributed by atoms with van der Waals surface area (Å²) in [6, 6.07) is 0. The molecular weight excluding hydrogens is 596 g/mol. The lowest BCUT2D eigenvalue weighted by atomic mass is 9.33. The molecule has 8 heteroatoms. The second kappa shape index (κ2) is 12.1. The minimum atomic E-state index is -0.792. The predicted octanol–water partition coefficient (Wildman–Crippen LogP) is 6.63. The van der Waals surface area contributed by atoms with Crippen LogP contribution in [0.15, 0.2) is 23.3 Å². The number of allylic oxidation sites excluding steroid dienone is 3. The Kier molecular flexibility index (Phi) is 9.32. The normalized spacial score (nSPS) is 47.3. The molecule has 5 aliphatic rings. The van der Waals surface area contributed by atoms with Crippen LogP contribution < -0.4 is 0 Å². The van der Waals surface area contributed by atoms with Gasteiger partial charge in [-0.25, -0.2) is 4.79 Å². The molecule has 0 saturated heterocycles. The summed E-state index contributed by atoms with van der Waals surface area (Å²) < 4.78 is 25.2. The quantitative estimate of drug-likeness (QED) is 0.141. The van der Waals surface area contributed by atoms with Gasteiger partial charge >= 0.3 is 11.9 Å². The van der Waals surface area contributed by atoms with E-state index in [1.165, 1.54) is 12.5 Å². The Morgan fingerprint density at radius 1 is 0.957 bits per heavy atom. The fourth-order valence-electron chi connectivity index (χ4n) is 12.1. The topological polar surface area (TPSA) is 108 Å². The van der Waals surface area contributed by atoms with Gasteiger partial charge in [-0.15, -0.1) is 0 Å². The van der Waals surface area contributed by atoms with Gasteiger partial charge in [0, 0.05) is 32.1 Å². The highest BCUT2D eigenvalue weighted by Crippen LogP contribution is 2.76. The van der Waals surface area contributed by atoms with Crippen LogP contribution in [0.3, 0.4) is 0 Å². The first-order chi connectivity index (χ1) is 21.9. The number of aliphatic hydroxyl groups is 1. The van der Waals surface area contributed by atoms with Crippen LogP contribution in [0.5, 0.6) is 0 Å². The van der Waals surface area contributed by atoms with E-state index in [2.05, 4.69) is 40.7 Å². The molecule has 264 valence electrons. The van der Waals surface area contributed by atoms with Gasteiger partial charge in [-0.05, 0) is 92.8 Å². The molecule has 47 heavy (non-hydrogen) atoms. The Labute approximate surface area is 282 Å². The van der Waals surface area contributed by atoms with Gasteiger partial charge in [-0.2, -0.15) is 0 Å². The molecule has 0 aromatic heterocycles. The summed E-state index contributed by atoms with van der Waals surface area (Å²) in [7, 11) is 3.41. The molecule has 5 rings (SSSR count). The number of hydrogen-bond acceptors (Lipinski definition) is 8. The molecule has 0 aliphatic heterocycles. The number of aldehydes is 1. The van der Waals surface area contributed by atoms with Gasteiger partial charge in [-0.3, -0.25) is 4.79 Å². The van der Waals surface area contributed by atoms with E-state index in [0.717, 1.165) is 32.0 Å². The molecule has 1 N–H and O–H groups in total. The minimum absolute atomic E-state index is 0.0556. The van der Waals surface area contributed by atoms with Gasteiger partial charge in [0.05, 0.1) is 23.0 Å². The van der Waals surface area contributed by atoms with Crippen molar-refractivity contribution < 1.29 is 38.4 Å². The molecule has 0 spiro atoms. The van der Waals surface area contributed by atoms with Crippen molar-refractivity contribution in [2.75, 3.05) is 20.8 Å². The average molecular weight is 657 g/mol. The summed E-state index contributed by atoms with van der Waals surface area (Å²) in [4.78, 5) is 38.3. The Bertz CT molecular complexity index is 1330. The number of ether oxygens (including phenoxy) is 4. The highest BCUT2D eigenvalue weighted by atomic mass is 16.6. The summed E-state index contributed by atoms with van der Waals surface area (Å²) in [6.07, 6.45) is 8.75. The number of carbonyl (C=O) groups is 3. The molecule has 0 bridgehead atoms. The third-order valence-corrected chi connectivity index (χ3v) is 15.0. The number of fused-ring (bicyclic) bond motifs is 7. The van der Waals surface area contributed by atoms with Crippen molar-refractivity contribution in [2.45, 2.75) is 132 Å². The third kappa shape index (κ3) is 4.96. The monoisotopic (exact) mass is 656 g/mol. The van der Waals surface area contributed by atoms with Crippen LogP contribution in [0.1, 0.15) is 107 Å². The van der Waals surface area contributed by atoms with Crippen LogP contribution >= 0.6 is 0 Å². The maximum Gasteiger partial charge on any atom is 0.333 e. The second-order valence-corrected chi connectivity index (χ2v) is 17.4. The van der Waals surface area contributed by atoms with Gasteiger partial charge in [0.1, 0.15) is 25.1 Å². The zero-order valence-corrected chi connectivity index (χ0v) is 30.7. The fourth-order valence-corrected chi connectivity index (χ4v) is 12.1. The molecule has 0 radical (unpaired) electrons. The number of rotatable bonds is 7. The summed E-state index contributed by atoms with van der Waals surface area (Å²) in [5, 5.41) is 11.1. The van der Waals surface area contributed by atoms with Crippen molar-refractivity contribution in [3.63, 3.8) is 0 Å². The number of esters is 2. The second-order valence-electron chi connectivity index (χ2n) is 17.4. The molecule has 0 aromatic rings. The first kappa shape index (κ1) is 36.3. The Balaban J connectivity index is 1.67. The summed E-state index contributed by atoms with van der Waals surface area (Å²) in [6.45, 7) is 18.7. The van der Waals surface area contributed by atoms with Crippen LogP contribution in [0.2, 0.25) is 0 Å². The van der Waals surface area contributed by atoms with Crippen molar-refractivity contribution in [1.29, 1.82) is 0 Å². The van der Waals surface area contributed by atoms with Crippen molar-refractivity contribution in [1.82, 2.24) is 0 Å². The maximum atomic E-state index is 13.3. The van der Waals surface area contributed by atoms with E-state index < -0.39 is 34.6 Å². The van der Waals surface area contributed by atoms with Gasteiger partial charge < -0.3 is 28.8 Å². The molecule has 12 atom stereocenters. The first-order valence-corrected chi connectivity index (χ1v) is 17.8. The number of carbonyl (C=O) groups excluding carboxylic acids is 3. The molecule has 0 aromatic carbocycles. The number of hydrogen-bond donors (Lipinski definition) is 1. The van der Waals surface area contributed by atoms with E-state index in [9.17, 15) is 19.5 Å². The van der Waals surface area contributed by atoms with E-state index in [-0.39, 0.29) is 52.7 Å². The maximum absolute atomic E-state index is 13.3. The minimum Gasteiger partial charge on any atom is -0.465 e. The molecule has 8 nitrogen and oxygen atoms in total. The van der Waals surface area contributed by atoms with Gasteiger partial charge in [0.15, 0.2) is 0 Å². The zero-order chi connectivity index (χ0) is 35.0. The van der Waals surface area contributed by atoms with Crippen molar-refractivity contribution >= 4 is 18.2 Å². The van der Waals surface area contributed by atoms with E-state index in [1.807, 2.05) is 13.8 Å². The molecule has 0 amide bonds. The highest BCUT2D eigenvalue weighted by molar-refractivity contribution is 5.87. The van der Waals surface area contributed by atoms with E-state index in [1.54, 1.807) is 27.2 Å². The van der Waals surface area contributed by atoms with Crippen LogP contribution in [0, 0.1) is 50.2 Å². The van der Waals surface area contributed by atoms with Gasteiger partial charge in [0.2, 0.25) is 0 Å².